The fourth-order valence-corrected chi connectivity index (χ4v) is 3.77. The maximum absolute atomic E-state index is 6.29. The van der Waals surface area contributed by atoms with Crippen LogP contribution in [0.5, 0.6) is 0 Å². The Morgan fingerprint density at radius 1 is 1.05 bits per heavy atom. The van der Waals surface area contributed by atoms with Crippen LogP contribution in [0.25, 0.3) is 0 Å². The third-order valence-electron chi connectivity index (χ3n) is 4.06. The lowest BCUT2D eigenvalue weighted by Gasteiger charge is -2.22. The summed E-state index contributed by atoms with van der Waals surface area (Å²) in [4.78, 5) is 0. The summed E-state index contributed by atoms with van der Waals surface area (Å²) in [7, 11) is 0. The van der Waals surface area contributed by atoms with Crippen molar-refractivity contribution in [3.63, 3.8) is 0 Å². The quantitative estimate of drug-likeness (QED) is 0.724. The van der Waals surface area contributed by atoms with Crippen LogP contribution in [0.1, 0.15) is 42.1 Å². The lowest BCUT2D eigenvalue weighted by Crippen LogP contribution is -2.23. The molecular weight excluding hydrogens is 325 g/mol. The largest absolute Gasteiger partial charge is 0.303 e. The molecule has 1 N–H and O–H groups in total. The lowest BCUT2D eigenvalue weighted by atomic mass is 10.0. The van der Waals surface area contributed by atoms with Crippen molar-refractivity contribution in [3.8, 4) is 0 Å². The van der Waals surface area contributed by atoms with E-state index in [2.05, 4.69) is 24.4 Å². The fraction of sp³-hybridized carbons (Fsp3) is 0.294. The third kappa shape index (κ3) is 3.22. The minimum absolute atomic E-state index is 0.168. The maximum Gasteiger partial charge on any atom is 0.0468 e. The van der Waals surface area contributed by atoms with E-state index in [0.717, 1.165) is 23.4 Å². The number of rotatable bonds is 3. The summed E-state index contributed by atoms with van der Waals surface area (Å²) in [5, 5.41) is 5.84. The van der Waals surface area contributed by atoms with Gasteiger partial charge in [0.25, 0.3) is 0 Å². The Morgan fingerprint density at radius 2 is 1.76 bits per heavy atom. The van der Waals surface area contributed by atoms with Crippen LogP contribution in [0.15, 0.2) is 36.4 Å². The van der Waals surface area contributed by atoms with Crippen LogP contribution in [-0.4, -0.2) is 0 Å². The Balaban J connectivity index is 1.79. The molecule has 4 heteroatoms. The van der Waals surface area contributed by atoms with Crippen molar-refractivity contribution in [2.75, 3.05) is 0 Å². The van der Waals surface area contributed by atoms with Gasteiger partial charge < -0.3 is 5.32 Å². The number of aryl methyl sites for hydroxylation is 1. The number of halogens is 3. The van der Waals surface area contributed by atoms with E-state index in [1.54, 1.807) is 6.07 Å². The van der Waals surface area contributed by atoms with Gasteiger partial charge in [-0.05, 0) is 60.7 Å². The molecule has 1 nitrogen and oxygen atoms in total. The van der Waals surface area contributed by atoms with Gasteiger partial charge in [0.2, 0.25) is 0 Å². The summed E-state index contributed by atoms with van der Waals surface area (Å²) in [6, 6.07) is 12.3. The molecule has 21 heavy (non-hydrogen) atoms. The first kappa shape index (κ1) is 15.2. The predicted octanol–water partition coefficient (Wildman–Crippen LogP) is 5.98. The smallest absolute Gasteiger partial charge is 0.0468 e. The van der Waals surface area contributed by atoms with Gasteiger partial charge in [-0.1, -0.05) is 46.9 Å². The minimum atomic E-state index is 0.168. The van der Waals surface area contributed by atoms with Crippen molar-refractivity contribution in [1.29, 1.82) is 0 Å². The highest BCUT2D eigenvalue weighted by molar-refractivity contribution is 6.35. The molecule has 3 rings (SSSR count). The maximum atomic E-state index is 6.29. The second-order valence-corrected chi connectivity index (χ2v) is 6.77. The molecule has 2 aromatic carbocycles. The van der Waals surface area contributed by atoms with Crippen molar-refractivity contribution in [2.45, 2.75) is 31.8 Å². The normalized spacial score (nSPS) is 18.6. The molecule has 1 aliphatic carbocycles. The van der Waals surface area contributed by atoms with Gasteiger partial charge in [-0.25, -0.2) is 0 Å². The molecular formula is C17H16Cl3N. The summed E-state index contributed by atoms with van der Waals surface area (Å²) < 4.78 is 0. The first-order valence-corrected chi connectivity index (χ1v) is 8.17. The zero-order valence-corrected chi connectivity index (χ0v) is 13.9. The molecule has 0 radical (unpaired) electrons. The Bertz CT molecular complexity index is 669. The second kappa shape index (κ2) is 6.18. The standard InChI is InChI=1S/C17H16Cl3N/c1-10(14-5-3-13(19)9-16(14)20)21-17-7-2-11-8-12(18)4-6-15(11)17/h3-6,8-10,17,21H,2,7H2,1H3. The second-order valence-electron chi connectivity index (χ2n) is 5.49. The molecule has 0 spiro atoms. The average molecular weight is 341 g/mol. The van der Waals surface area contributed by atoms with Crippen LogP contribution >= 0.6 is 34.8 Å². The highest BCUT2D eigenvalue weighted by Gasteiger charge is 2.24. The van der Waals surface area contributed by atoms with Gasteiger partial charge in [-0.3, -0.25) is 0 Å². The van der Waals surface area contributed by atoms with E-state index in [1.165, 1.54) is 11.1 Å². The fourth-order valence-electron chi connectivity index (χ4n) is 3.00. The van der Waals surface area contributed by atoms with Crippen LogP contribution in [0, 0.1) is 0 Å². The highest BCUT2D eigenvalue weighted by Crippen LogP contribution is 2.35. The molecule has 0 heterocycles. The van der Waals surface area contributed by atoms with Crippen molar-refractivity contribution in [3.05, 3.63) is 68.2 Å². The van der Waals surface area contributed by atoms with Gasteiger partial charge in [-0.2, -0.15) is 0 Å². The number of hydrogen-bond acceptors (Lipinski definition) is 1. The average Bonchev–Trinajstić information content (AvgIpc) is 2.80. The Labute approximate surface area is 140 Å². The summed E-state index contributed by atoms with van der Waals surface area (Å²) in [5.41, 5.74) is 3.76. The van der Waals surface area contributed by atoms with Gasteiger partial charge in [0.1, 0.15) is 0 Å². The minimum Gasteiger partial charge on any atom is -0.303 e. The van der Waals surface area contributed by atoms with Crippen LogP contribution in [0.3, 0.4) is 0 Å². The zero-order chi connectivity index (χ0) is 15.0. The molecule has 0 aromatic heterocycles. The summed E-state index contributed by atoms with van der Waals surface area (Å²) in [6.45, 7) is 2.13. The monoisotopic (exact) mass is 339 g/mol. The molecule has 2 aromatic rings. The molecule has 0 saturated carbocycles. The van der Waals surface area contributed by atoms with Gasteiger partial charge in [-0.15, -0.1) is 0 Å². The van der Waals surface area contributed by atoms with E-state index in [-0.39, 0.29) is 6.04 Å². The predicted molar refractivity (Wildman–Crippen MR) is 90.5 cm³/mol. The van der Waals surface area contributed by atoms with Crippen LogP contribution in [-0.2, 0) is 6.42 Å². The molecule has 0 aliphatic heterocycles. The Morgan fingerprint density at radius 3 is 2.52 bits per heavy atom. The van der Waals surface area contributed by atoms with Crippen molar-refractivity contribution in [1.82, 2.24) is 5.32 Å². The van der Waals surface area contributed by atoms with Crippen LogP contribution in [0.2, 0.25) is 15.1 Å². The van der Waals surface area contributed by atoms with E-state index in [4.69, 9.17) is 34.8 Å². The number of benzene rings is 2. The Hall–Kier alpha value is -0.730. The molecule has 2 unspecified atom stereocenters. The molecule has 0 fully saturated rings. The zero-order valence-electron chi connectivity index (χ0n) is 11.7. The molecule has 0 saturated heterocycles. The van der Waals surface area contributed by atoms with E-state index < -0.39 is 0 Å². The molecule has 0 amide bonds. The third-order valence-corrected chi connectivity index (χ3v) is 4.86. The first-order valence-electron chi connectivity index (χ1n) is 7.04. The van der Waals surface area contributed by atoms with Gasteiger partial charge in [0.05, 0.1) is 0 Å². The van der Waals surface area contributed by atoms with E-state index in [0.29, 0.717) is 16.1 Å². The summed E-state index contributed by atoms with van der Waals surface area (Å²) in [6.07, 6.45) is 2.15. The molecule has 1 aliphatic rings. The number of fused-ring (bicyclic) bond motifs is 1. The van der Waals surface area contributed by atoms with Crippen LogP contribution in [0.4, 0.5) is 0 Å². The van der Waals surface area contributed by atoms with Crippen molar-refractivity contribution in [2.24, 2.45) is 0 Å². The first-order chi connectivity index (χ1) is 10.0. The molecule has 2 atom stereocenters. The number of nitrogens with one attached hydrogen (secondary N) is 1. The van der Waals surface area contributed by atoms with Crippen molar-refractivity contribution < 1.29 is 0 Å². The van der Waals surface area contributed by atoms with Gasteiger partial charge in [0, 0.05) is 27.2 Å². The van der Waals surface area contributed by atoms with E-state index >= 15 is 0 Å². The molecule has 0 bridgehead atoms. The Kier molecular flexibility index (Phi) is 4.46. The molecule has 110 valence electrons. The van der Waals surface area contributed by atoms with Crippen molar-refractivity contribution >= 4 is 34.8 Å². The number of hydrogen-bond donors (Lipinski definition) is 1. The highest BCUT2D eigenvalue weighted by atomic mass is 35.5. The van der Waals surface area contributed by atoms with Gasteiger partial charge >= 0.3 is 0 Å². The van der Waals surface area contributed by atoms with Gasteiger partial charge in [0.15, 0.2) is 0 Å². The summed E-state index contributed by atoms with van der Waals surface area (Å²) in [5.74, 6) is 0. The lowest BCUT2D eigenvalue weighted by molar-refractivity contribution is 0.465. The SMILES string of the molecule is CC(NC1CCc2cc(Cl)ccc21)c1ccc(Cl)cc1Cl. The van der Waals surface area contributed by atoms with E-state index in [9.17, 15) is 0 Å². The summed E-state index contributed by atoms with van der Waals surface area (Å²) >= 11 is 18.3. The van der Waals surface area contributed by atoms with E-state index in [1.807, 2.05) is 18.2 Å². The van der Waals surface area contributed by atoms with Crippen LogP contribution < -0.4 is 5.32 Å². The topological polar surface area (TPSA) is 12.0 Å².